The number of hydrogen-bond donors (Lipinski definition) is 1. The Morgan fingerprint density at radius 1 is 1.53 bits per heavy atom. The Morgan fingerprint density at radius 3 is 3.00 bits per heavy atom. The van der Waals surface area contributed by atoms with Gasteiger partial charge in [0.05, 0.1) is 5.75 Å². The average Bonchev–Trinajstić information content (AvgIpc) is 3.10. The lowest BCUT2D eigenvalue weighted by Gasteiger charge is -2.03. The number of aromatic nitrogens is 5. The monoisotopic (exact) mass is 297 g/mol. The van der Waals surface area contributed by atoms with Crippen molar-refractivity contribution in [2.45, 2.75) is 36.7 Å². The molecule has 2 aromatic heterocycles. The van der Waals surface area contributed by atoms with Gasteiger partial charge in [0.25, 0.3) is 0 Å². The van der Waals surface area contributed by atoms with Crippen molar-refractivity contribution in [1.82, 2.24) is 24.7 Å². The zero-order valence-electron chi connectivity index (χ0n) is 10.3. The first-order valence-corrected chi connectivity index (χ1v) is 7.29. The first-order chi connectivity index (χ1) is 9.13. The van der Waals surface area contributed by atoms with Gasteiger partial charge in [0, 0.05) is 11.7 Å². The Balaban J connectivity index is 1.77. The molecule has 0 saturated heterocycles. The lowest BCUT2D eigenvalue weighted by Crippen LogP contribution is -2.16. The molecular weight excluding hydrogens is 286 g/mol. The van der Waals surface area contributed by atoms with Crippen molar-refractivity contribution < 1.29 is 0 Å². The largest absolute Gasteiger partial charge is 0.344 e. The summed E-state index contributed by atoms with van der Waals surface area (Å²) in [7, 11) is 0. The summed E-state index contributed by atoms with van der Waals surface area (Å²) in [4.78, 5) is 20.1. The molecule has 100 valence electrons. The number of thioether (sulfide) groups is 1. The lowest BCUT2D eigenvalue weighted by atomic mass is 10.4. The van der Waals surface area contributed by atoms with Crippen molar-refractivity contribution in [3.63, 3.8) is 0 Å². The minimum atomic E-state index is -0.145. The number of hydrogen-bond acceptors (Lipinski definition) is 5. The maximum absolute atomic E-state index is 11.6. The third-order valence-corrected chi connectivity index (χ3v) is 3.93. The molecule has 8 heteroatoms. The van der Waals surface area contributed by atoms with Crippen LogP contribution in [0.1, 0.15) is 30.4 Å². The van der Waals surface area contributed by atoms with Crippen LogP contribution in [0.5, 0.6) is 0 Å². The molecule has 1 N–H and O–H groups in total. The van der Waals surface area contributed by atoms with Crippen LogP contribution in [0.3, 0.4) is 0 Å². The summed E-state index contributed by atoms with van der Waals surface area (Å²) in [6.07, 6.45) is 2.08. The standard InChI is InChI=1S/C11H12ClN5OS/c1-6-4-8(12)14-9(13-6)5-19-11-16-15-10(18)17(11)7-2-3-7/h4,7H,2-3,5H2,1H3,(H,15,18). The molecule has 0 aliphatic heterocycles. The summed E-state index contributed by atoms with van der Waals surface area (Å²) in [5.41, 5.74) is 0.686. The van der Waals surface area contributed by atoms with Gasteiger partial charge in [-0.3, -0.25) is 4.57 Å². The summed E-state index contributed by atoms with van der Waals surface area (Å²) in [6, 6.07) is 2.01. The average molecular weight is 298 g/mol. The van der Waals surface area contributed by atoms with Gasteiger partial charge in [-0.05, 0) is 25.8 Å². The number of nitrogens with zero attached hydrogens (tertiary/aromatic N) is 4. The fourth-order valence-electron chi connectivity index (χ4n) is 1.83. The van der Waals surface area contributed by atoms with E-state index in [1.807, 2.05) is 6.92 Å². The smallest absolute Gasteiger partial charge is 0.267 e. The van der Waals surface area contributed by atoms with Crippen LogP contribution in [0.25, 0.3) is 0 Å². The molecule has 0 bridgehead atoms. The van der Waals surface area contributed by atoms with E-state index in [-0.39, 0.29) is 5.69 Å². The van der Waals surface area contributed by atoms with Crippen molar-refractivity contribution in [1.29, 1.82) is 0 Å². The Bertz CT molecular complexity index is 643. The van der Waals surface area contributed by atoms with Gasteiger partial charge in [-0.15, -0.1) is 5.10 Å². The van der Waals surface area contributed by atoms with Crippen LogP contribution in [0.4, 0.5) is 0 Å². The van der Waals surface area contributed by atoms with Crippen LogP contribution < -0.4 is 5.69 Å². The number of rotatable bonds is 4. The number of aryl methyl sites for hydroxylation is 1. The topological polar surface area (TPSA) is 76.5 Å². The highest BCUT2D eigenvalue weighted by atomic mass is 35.5. The zero-order chi connectivity index (χ0) is 13.4. The van der Waals surface area contributed by atoms with Crippen LogP contribution in [0.2, 0.25) is 5.15 Å². The summed E-state index contributed by atoms with van der Waals surface area (Å²) in [5, 5.41) is 7.65. The third-order valence-electron chi connectivity index (χ3n) is 2.78. The second-order valence-electron chi connectivity index (χ2n) is 4.45. The summed E-state index contributed by atoms with van der Waals surface area (Å²) in [5.74, 6) is 1.19. The molecule has 1 aliphatic carbocycles. The second-order valence-corrected chi connectivity index (χ2v) is 5.78. The van der Waals surface area contributed by atoms with Crippen molar-refractivity contribution >= 4 is 23.4 Å². The van der Waals surface area contributed by atoms with E-state index in [0.29, 0.717) is 27.9 Å². The van der Waals surface area contributed by atoms with Gasteiger partial charge < -0.3 is 0 Å². The maximum atomic E-state index is 11.6. The van der Waals surface area contributed by atoms with Gasteiger partial charge in [0.2, 0.25) is 0 Å². The van der Waals surface area contributed by atoms with Gasteiger partial charge in [-0.2, -0.15) is 0 Å². The molecule has 19 heavy (non-hydrogen) atoms. The van der Waals surface area contributed by atoms with Gasteiger partial charge >= 0.3 is 5.69 Å². The van der Waals surface area contributed by atoms with Crippen LogP contribution in [-0.4, -0.2) is 24.7 Å². The van der Waals surface area contributed by atoms with E-state index >= 15 is 0 Å². The molecule has 0 aromatic carbocycles. The summed E-state index contributed by atoms with van der Waals surface area (Å²) >= 11 is 7.33. The second kappa shape index (κ2) is 4.97. The van der Waals surface area contributed by atoms with E-state index in [1.54, 1.807) is 10.6 Å². The Hall–Kier alpha value is -1.34. The molecule has 1 aliphatic rings. The molecular formula is C11H12ClN5OS. The van der Waals surface area contributed by atoms with E-state index in [0.717, 1.165) is 18.5 Å². The van der Waals surface area contributed by atoms with E-state index in [1.165, 1.54) is 11.8 Å². The van der Waals surface area contributed by atoms with Gasteiger partial charge in [-0.1, -0.05) is 23.4 Å². The van der Waals surface area contributed by atoms with E-state index in [4.69, 9.17) is 11.6 Å². The Kier molecular flexibility index (Phi) is 3.32. The van der Waals surface area contributed by atoms with Crippen molar-refractivity contribution in [2.24, 2.45) is 0 Å². The Morgan fingerprint density at radius 2 is 2.32 bits per heavy atom. The number of halogens is 1. The summed E-state index contributed by atoms with van der Waals surface area (Å²) in [6.45, 7) is 1.87. The highest BCUT2D eigenvalue weighted by Crippen LogP contribution is 2.36. The predicted molar refractivity (Wildman–Crippen MR) is 72.5 cm³/mol. The van der Waals surface area contributed by atoms with E-state index < -0.39 is 0 Å². The van der Waals surface area contributed by atoms with E-state index in [9.17, 15) is 4.79 Å². The molecule has 3 rings (SSSR count). The van der Waals surface area contributed by atoms with Crippen LogP contribution >= 0.6 is 23.4 Å². The number of aromatic amines is 1. The quantitative estimate of drug-likeness (QED) is 0.689. The van der Waals surface area contributed by atoms with Crippen LogP contribution in [0, 0.1) is 6.92 Å². The molecule has 6 nitrogen and oxygen atoms in total. The molecule has 2 heterocycles. The maximum Gasteiger partial charge on any atom is 0.344 e. The normalized spacial score (nSPS) is 14.8. The molecule has 0 unspecified atom stereocenters. The predicted octanol–water partition coefficient (Wildman–Crippen LogP) is 1.95. The van der Waals surface area contributed by atoms with Crippen LogP contribution in [0.15, 0.2) is 16.0 Å². The van der Waals surface area contributed by atoms with Gasteiger partial charge in [0.15, 0.2) is 5.16 Å². The first kappa shape index (κ1) is 12.7. The van der Waals surface area contributed by atoms with Crippen molar-refractivity contribution in [2.75, 3.05) is 0 Å². The first-order valence-electron chi connectivity index (χ1n) is 5.93. The van der Waals surface area contributed by atoms with Gasteiger partial charge in [-0.25, -0.2) is 19.9 Å². The van der Waals surface area contributed by atoms with Crippen molar-refractivity contribution in [3.8, 4) is 0 Å². The molecule has 0 amide bonds. The van der Waals surface area contributed by atoms with E-state index in [2.05, 4.69) is 20.2 Å². The summed E-state index contributed by atoms with van der Waals surface area (Å²) < 4.78 is 1.71. The minimum absolute atomic E-state index is 0.145. The van der Waals surface area contributed by atoms with Crippen molar-refractivity contribution in [3.05, 3.63) is 33.2 Å². The molecule has 1 fully saturated rings. The molecule has 0 atom stereocenters. The molecule has 1 saturated carbocycles. The Labute approximate surface area is 118 Å². The van der Waals surface area contributed by atoms with Gasteiger partial charge in [0.1, 0.15) is 11.0 Å². The fourth-order valence-corrected chi connectivity index (χ4v) is 2.95. The number of H-pyrrole nitrogens is 1. The zero-order valence-corrected chi connectivity index (χ0v) is 11.8. The molecule has 2 aromatic rings. The molecule has 0 spiro atoms. The minimum Gasteiger partial charge on any atom is -0.267 e. The SMILES string of the molecule is Cc1cc(Cl)nc(CSc2n[nH]c(=O)n2C2CC2)n1. The molecule has 0 radical (unpaired) electrons. The highest BCUT2D eigenvalue weighted by molar-refractivity contribution is 7.98. The number of nitrogens with one attached hydrogen (secondary N) is 1. The highest BCUT2D eigenvalue weighted by Gasteiger charge is 2.28. The third kappa shape index (κ3) is 2.82. The van der Waals surface area contributed by atoms with Crippen LogP contribution in [-0.2, 0) is 5.75 Å². The lowest BCUT2D eigenvalue weighted by molar-refractivity contribution is 0.642. The fraction of sp³-hybridized carbons (Fsp3) is 0.455.